The van der Waals surface area contributed by atoms with E-state index in [9.17, 15) is 9.59 Å². The topological polar surface area (TPSA) is 85.7 Å². The number of aromatic nitrogens is 1. The van der Waals surface area contributed by atoms with E-state index in [-0.39, 0.29) is 0 Å². The molecule has 0 spiro atoms. The Hall–Kier alpha value is -2.37. The number of carboxylic acids is 1. The van der Waals surface area contributed by atoms with Crippen molar-refractivity contribution in [1.29, 1.82) is 0 Å². The van der Waals surface area contributed by atoms with E-state index in [1.165, 1.54) is 12.3 Å². The summed E-state index contributed by atoms with van der Waals surface area (Å²) in [6.45, 7) is 3.59. The largest absolute Gasteiger partial charge is 0.478 e. The summed E-state index contributed by atoms with van der Waals surface area (Å²) in [5.41, 5.74) is 0.485. The monoisotopic (exact) mass is 265 g/mol. The molecule has 0 aromatic carbocycles. The third-order valence-corrected chi connectivity index (χ3v) is 2.09. The van der Waals surface area contributed by atoms with Crippen molar-refractivity contribution in [2.75, 3.05) is 6.61 Å². The number of ether oxygens (including phenoxy) is 2. The SMILES string of the molecule is CCOC(=O)C(C)Oc1ccc(C=CC(=O)O)nc1. The molecule has 6 heteroatoms. The Balaban J connectivity index is 2.61. The molecule has 1 N–H and O–H groups in total. The number of pyridine rings is 1. The number of carbonyl (C=O) groups is 2. The second kappa shape index (κ2) is 7.15. The first kappa shape index (κ1) is 14.7. The summed E-state index contributed by atoms with van der Waals surface area (Å²) in [5.74, 6) is -1.08. The fourth-order valence-electron chi connectivity index (χ4n) is 1.23. The van der Waals surface area contributed by atoms with Crippen LogP contribution in [0.25, 0.3) is 6.08 Å². The lowest BCUT2D eigenvalue weighted by Crippen LogP contribution is -2.26. The average molecular weight is 265 g/mol. The molecule has 1 heterocycles. The van der Waals surface area contributed by atoms with Crippen LogP contribution >= 0.6 is 0 Å². The maximum Gasteiger partial charge on any atom is 0.347 e. The molecule has 1 aromatic rings. The zero-order valence-corrected chi connectivity index (χ0v) is 10.7. The van der Waals surface area contributed by atoms with E-state index in [0.717, 1.165) is 6.08 Å². The van der Waals surface area contributed by atoms with Gasteiger partial charge in [0.15, 0.2) is 6.10 Å². The van der Waals surface area contributed by atoms with Gasteiger partial charge in [0, 0.05) is 6.08 Å². The van der Waals surface area contributed by atoms with Gasteiger partial charge in [-0.2, -0.15) is 0 Å². The number of esters is 1. The highest BCUT2D eigenvalue weighted by molar-refractivity contribution is 5.84. The first-order valence-electron chi connectivity index (χ1n) is 5.73. The van der Waals surface area contributed by atoms with Crippen molar-refractivity contribution in [3.63, 3.8) is 0 Å². The third-order valence-electron chi connectivity index (χ3n) is 2.09. The van der Waals surface area contributed by atoms with Crippen LogP contribution in [0.5, 0.6) is 5.75 Å². The lowest BCUT2D eigenvalue weighted by molar-refractivity contribution is -0.150. The van der Waals surface area contributed by atoms with Crippen LogP contribution in [0.4, 0.5) is 0 Å². The van der Waals surface area contributed by atoms with E-state index in [1.54, 1.807) is 26.0 Å². The minimum atomic E-state index is -1.04. The van der Waals surface area contributed by atoms with Crippen LogP contribution in [0.1, 0.15) is 19.5 Å². The molecule has 1 rings (SSSR count). The Bertz CT molecular complexity index is 466. The molecule has 0 saturated carbocycles. The Kier molecular flexibility index (Phi) is 5.53. The molecule has 1 unspecified atom stereocenters. The van der Waals surface area contributed by atoms with Gasteiger partial charge >= 0.3 is 11.9 Å². The van der Waals surface area contributed by atoms with Crippen molar-refractivity contribution in [2.45, 2.75) is 20.0 Å². The van der Waals surface area contributed by atoms with Gasteiger partial charge in [0.25, 0.3) is 0 Å². The van der Waals surface area contributed by atoms with E-state index < -0.39 is 18.0 Å². The standard InChI is InChI=1S/C13H15NO5/c1-3-18-13(17)9(2)19-11-6-4-10(14-8-11)5-7-12(15)16/h4-9H,3H2,1-2H3,(H,15,16). The summed E-state index contributed by atoms with van der Waals surface area (Å²) < 4.78 is 10.1. The normalized spacial score (nSPS) is 12.1. The zero-order valence-electron chi connectivity index (χ0n) is 10.7. The van der Waals surface area contributed by atoms with Gasteiger partial charge in [-0.15, -0.1) is 0 Å². The minimum absolute atomic E-state index is 0.295. The van der Waals surface area contributed by atoms with Crippen LogP contribution in [-0.2, 0) is 14.3 Å². The van der Waals surface area contributed by atoms with Gasteiger partial charge in [-0.05, 0) is 32.1 Å². The molecule has 0 aliphatic carbocycles. The Morgan fingerprint density at radius 1 is 1.47 bits per heavy atom. The predicted molar refractivity (Wildman–Crippen MR) is 67.6 cm³/mol. The van der Waals surface area contributed by atoms with Gasteiger partial charge < -0.3 is 14.6 Å². The lowest BCUT2D eigenvalue weighted by Gasteiger charge is -2.12. The smallest absolute Gasteiger partial charge is 0.347 e. The van der Waals surface area contributed by atoms with Gasteiger partial charge in [0.2, 0.25) is 0 Å². The molecule has 6 nitrogen and oxygen atoms in total. The number of carbonyl (C=O) groups excluding carboxylic acids is 1. The van der Waals surface area contributed by atoms with Gasteiger partial charge in [0.05, 0.1) is 18.5 Å². The molecule has 0 aliphatic rings. The van der Waals surface area contributed by atoms with Crippen LogP contribution < -0.4 is 4.74 Å². The van der Waals surface area contributed by atoms with Gasteiger partial charge in [-0.25, -0.2) is 9.59 Å². The fourth-order valence-corrected chi connectivity index (χ4v) is 1.23. The minimum Gasteiger partial charge on any atom is -0.478 e. The number of aliphatic carboxylic acids is 1. The van der Waals surface area contributed by atoms with Crippen LogP contribution in [0.15, 0.2) is 24.4 Å². The molecule has 0 fully saturated rings. The molecule has 1 aromatic heterocycles. The Morgan fingerprint density at radius 3 is 2.74 bits per heavy atom. The first-order valence-corrected chi connectivity index (χ1v) is 5.73. The van der Waals surface area contributed by atoms with Crippen LogP contribution in [0.3, 0.4) is 0 Å². The van der Waals surface area contributed by atoms with Crippen LogP contribution in [0, 0.1) is 0 Å². The van der Waals surface area contributed by atoms with E-state index in [1.807, 2.05) is 0 Å². The summed E-state index contributed by atoms with van der Waals surface area (Å²) in [6.07, 6.45) is 3.05. The zero-order chi connectivity index (χ0) is 14.3. The van der Waals surface area contributed by atoms with E-state index >= 15 is 0 Å². The molecule has 19 heavy (non-hydrogen) atoms. The molecule has 0 amide bonds. The highest BCUT2D eigenvalue weighted by Crippen LogP contribution is 2.12. The van der Waals surface area contributed by atoms with E-state index in [0.29, 0.717) is 18.1 Å². The number of hydrogen-bond donors (Lipinski definition) is 1. The summed E-state index contributed by atoms with van der Waals surface area (Å²) in [4.78, 5) is 25.7. The quantitative estimate of drug-likeness (QED) is 0.619. The maximum absolute atomic E-state index is 11.3. The number of carboxylic acid groups (broad SMARTS) is 1. The van der Waals surface area contributed by atoms with Gasteiger partial charge in [-0.1, -0.05) is 0 Å². The molecular formula is C13H15NO5. The third kappa shape index (κ3) is 5.20. The van der Waals surface area contributed by atoms with Gasteiger partial charge in [-0.3, -0.25) is 4.98 Å². The van der Waals surface area contributed by atoms with Crippen LogP contribution in [-0.4, -0.2) is 34.7 Å². The highest BCUT2D eigenvalue weighted by atomic mass is 16.6. The Labute approximate surface area is 110 Å². The number of hydrogen-bond acceptors (Lipinski definition) is 5. The molecular weight excluding hydrogens is 250 g/mol. The molecule has 1 atom stereocenters. The number of rotatable bonds is 6. The summed E-state index contributed by atoms with van der Waals surface area (Å²) >= 11 is 0. The maximum atomic E-state index is 11.3. The molecule has 0 bridgehead atoms. The molecule has 0 aliphatic heterocycles. The van der Waals surface area contributed by atoms with E-state index in [2.05, 4.69) is 4.98 Å². The van der Waals surface area contributed by atoms with Crippen molar-refractivity contribution in [2.24, 2.45) is 0 Å². The summed E-state index contributed by atoms with van der Waals surface area (Å²) in [5, 5.41) is 8.47. The van der Waals surface area contributed by atoms with Crippen molar-refractivity contribution in [3.8, 4) is 5.75 Å². The summed E-state index contributed by atoms with van der Waals surface area (Å²) in [6, 6.07) is 3.19. The fraction of sp³-hybridized carbons (Fsp3) is 0.308. The second-order valence-electron chi connectivity index (χ2n) is 3.60. The lowest BCUT2D eigenvalue weighted by atomic mass is 10.3. The van der Waals surface area contributed by atoms with Crippen LogP contribution in [0.2, 0.25) is 0 Å². The second-order valence-corrected chi connectivity index (χ2v) is 3.60. The molecule has 0 saturated heterocycles. The first-order chi connectivity index (χ1) is 9.02. The molecule has 102 valence electrons. The molecule has 0 radical (unpaired) electrons. The summed E-state index contributed by atoms with van der Waals surface area (Å²) in [7, 11) is 0. The highest BCUT2D eigenvalue weighted by Gasteiger charge is 2.15. The number of nitrogens with zero attached hydrogens (tertiary/aromatic N) is 1. The van der Waals surface area contributed by atoms with E-state index in [4.69, 9.17) is 14.6 Å². The van der Waals surface area contributed by atoms with Gasteiger partial charge in [0.1, 0.15) is 5.75 Å². The van der Waals surface area contributed by atoms with Crippen molar-refractivity contribution < 1.29 is 24.2 Å². The van der Waals surface area contributed by atoms with Crippen molar-refractivity contribution in [1.82, 2.24) is 4.98 Å². The predicted octanol–water partition coefficient (Wildman–Crippen LogP) is 1.51. The Morgan fingerprint density at radius 2 is 2.21 bits per heavy atom. The average Bonchev–Trinajstić information content (AvgIpc) is 2.38. The van der Waals surface area contributed by atoms with Crippen molar-refractivity contribution >= 4 is 18.0 Å². The van der Waals surface area contributed by atoms with Crippen molar-refractivity contribution in [3.05, 3.63) is 30.1 Å².